The molecule has 1 aromatic carbocycles. The third-order valence-corrected chi connectivity index (χ3v) is 1.54. The number of nitro benzene ring substituents is 1. The van der Waals surface area contributed by atoms with E-state index in [2.05, 4.69) is 4.84 Å². The van der Waals surface area contributed by atoms with E-state index in [1.165, 1.54) is 31.2 Å². The summed E-state index contributed by atoms with van der Waals surface area (Å²) in [6.07, 6.45) is 0. The van der Waals surface area contributed by atoms with Crippen LogP contribution in [0.2, 0.25) is 0 Å². The van der Waals surface area contributed by atoms with Crippen molar-refractivity contribution in [3.05, 3.63) is 34.4 Å². The van der Waals surface area contributed by atoms with Crippen LogP contribution in [-0.2, 0) is 9.63 Å². The molecule has 0 unspecified atom stereocenters. The van der Waals surface area contributed by atoms with E-state index in [1.54, 1.807) is 0 Å². The van der Waals surface area contributed by atoms with E-state index < -0.39 is 10.9 Å². The Hall–Kier alpha value is -2.15. The van der Waals surface area contributed by atoms with E-state index >= 15 is 0 Å². The van der Waals surface area contributed by atoms with E-state index in [0.29, 0.717) is 5.69 Å². The Kier molecular flexibility index (Phi) is 3.19. The van der Waals surface area contributed by atoms with E-state index in [9.17, 15) is 14.9 Å². The van der Waals surface area contributed by atoms with Crippen LogP contribution in [0, 0.1) is 10.1 Å². The number of non-ortho nitro benzene ring substituents is 1. The monoisotopic (exact) mass is 211 g/mol. The standard InChI is InChI=1S/C8H9N3O4/c1-6(12)15-10(9)7-2-4-8(5-3-7)11(13)14/h2-5H,9H2,1H3. The van der Waals surface area contributed by atoms with Crippen molar-refractivity contribution in [1.82, 2.24) is 0 Å². The van der Waals surface area contributed by atoms with Crippen molar-refractivity contribution in [1.29, 1.82) is 0 Å². The Bertz CT molecular complexity index is 376. The SMILES string of the molecule is CC(=O)ON(N)c1ccc([N+](=O)[O-])cc1. The summed E-state index contributed by atoms with van der Waals surface area (Å²) in [7, 11) is 0. The number of nitrogens with two attached hydrogens (primary N) is 1. The van der Waals surface area contributed by atoms with Crippen molar-refractivity contribution in [3.8, 4) is 0 Å². The number of nitro groups is 1. The Morgan fingerprint density at radius 2 is 2.00 bits per heavy atom. The number of hydrogen-bond donors (Lipinski definition) is 1. The van der Waals surface area contributed by atoms with Crippen LogP contribution in [0.4, 0.5) is 11.4 Å². The molecule has 2 N–H and O–H groups in total. The molecule has 0 spiro atoms. The lowest BCUT2D eigenvalue weighted by Gasteiger charge is -2.15. The van der Waals surface area contributed by atoms with Gasteiger partial charge in [-0.1, -0.05) is 0 Å². The molecule has 15 heavy (non-hydrogen) atoms. The minimum absolute atomic E-state index is 0.0602. The molecular formula is C8H9N3O4. The van der Waals surface area contributed by atoms with Crippen molar-refractivity contribution in [2.45, 2.75) is 6.92 Å². The molecule has 0 aromatic heterocycles. The molecule has 0 aliphatic heterocycles. The van der Waals surface area contributed by atoms with Gasteiger partial charge in [0.1, 0.15) is 0 Å². The molecular weight excluding hydrogens is 202 g/mol. The highest BCUT2D eigenvalue weighted by atomic mass is 16.7. The van der Waals surface area contributed by atoms with E-state index in [0.717, 1.165) is 5.17 Å². The lowest BCUT2D eigenvalue weighted by Crippen LogP contribution is -2.32. The van der Waals surface area contributed by atoms with Crippen molar-refractivity contribution in [3.63, 3.8) is 0 Å². The van der Waals surface area contributed by atoms with Gasteiger partial charge in [0.25, 0.3) is 5.69 Å². The molecule has 0 aliphatic rings. The van der Waals surface area contributed by atoms with Gasteiger partial charge in [-0.05, 0) is 12.1 Å². The lowest BCUT2D eigenvalue weighted by molar-refractivity contribution is -0.384. The fourth-order valence-corrected chi connectivity index (χ4v) is 0.912. The number of anilines is 1. The van der Waals surface area contributed by atoms with Crippen molar-refractivity contribution >= 4 is 17.3 Å². The maximum absolute atomic E-state index is 10.6. The lowest BCUT2D eigenvalue weighted by atomic mass is 10.3. The maximum Gasteiger partial charge on any atom is 0.331 e. The van der Waals surface area contributed by atoms with Gasteiger partial charge in [-0.2, -0.15) is 0 Å². The number of carbonyl (C=O) groups is 1. The normalized spacial score (nSPS) is 9.47. The number of rotatable bonds is 3. The smallest absolute Gasteiger partial charge is 0.326 e. The third-order valence-electron chi connectivity index (χ3n) is 1.54. The van der Waals surface area contributed by atoms with Gasteiger partial charge >= 0.3 is 5.97 Å². The fourth-order valence-electron chi connectivity index (χ4n) is 0.912. The van der Waals surface area contributed by atoms with Crippen LogP contribution in [0.25, 0.3) is 0 Å². The molecule has 1 aromatic rings. The zero-order valence-electron chi connectivity index (χ0n) is 7.91. The molecule has 0 saturated carbocycles. The summed E-state index contributed by atoms with van der Waals surface area (Å²) in [5.74, 6) is 4.77. The Balaban J connectivity index is 2.79. The highest BCUT2D eigenvalue weighted by molar-refractivity contribution is 5.67. The molecule has 0 aliphatic carbocycles. The van der Waals surface area contributed by atoms with Crippen LogP contribution in [-0.4, -0.2) is 10.9 Å². The average Bonchev–Trinajstić information content (AvgIpc) is 2.17. The zero-order chi connectivity index (χ0) is 11.4. The summed E-state index contributed by atoms with van der Waals surface area (Å²) in [4.78, 5) is 24.9. The summed E-state index contributed by atoms with van der Waals surface area (Å²) >= 11 is 0. The zero-order valence-corrected chi connectivity index (χ0v) is 7.91. The summed E-state index contributed by atoms with van der Waals surface area (Å²) in [5, 5.41) is 11.1. The molecule has 7 nitrogen and oxygen atoms in total. The third kappa shape index (κ3) is 2.92. The molecule has 0 fully saturated rings. The first-order chi connectivity index (χ1) is 7.00. The molecule has 0 bridgehead atoms. The number of benzene rings is 1. The first-order valence-corrected chi connectivity index (χ1v) is 3.98. The maximum atomic E-state index is 10.6. The van der Waals surface area contributed by atoms with Gasteiger partial charge < -0.3 is 4.84 Å². The number of hydrazine groups is 1. The van der Waals surface area contributed by atoms with Gasteiger partial charge in [-0.25, -0.2) is 10.6 Å². The quantitative estimate of drug-likeness (QED) is 0.450. The van der Waals surface area contributed by atoms with E-state index in [-0.39, 0.29) is 5.69 Å². The predicted molar refractivity (Wildman–Crippen MR) is 51.5 cm³/mol. The van der Waals surface area contributed by atoms with Gasteiger partial charge in [0.2, 0.25) is 0 Å². The minimum Gasteiger partial charge on any atom is -0.326 e. The second-order valence-electron chi connectivity index (χ2n) is 2.68. The molecule has 0 radical (unpaired) electrons. The highest BCUT2D eigenvalue weighted by Gasteiger charge is 2.08. The van der Waals surface area contributed by atoms with Crippen LogP contribution in [0.15, 0.2) is 24.3 Å². The summed E-state index contributed by atoms with van der Waals surface area (Å²) < 4.78 is 0. The molecule has 1 rings (SSSR count). The molecule has 0 atom stereocenters. The first kappa shape index (κ1) is 10.9. The average molecular weight is 211 g/mol. The molecule has 7 heteroatoms. The summed E-state index contributed by atoms with van der Waals surface area (Å²) in [5.41, 5.74) is 0.283. The van der Waals surface area contributed by atoms with Crippen LogP contribution in [0.3, 0.4) is 0 Å². The van der Waals surface area contributed by atoms with E-state index in [1.807, 2.05) is 0 Å². The highest BCUT2D eigenvalue weighted by Crippen LogP contribution is 2.17. The second kappa shape index (κ2) is 4.38. The predicted octanol–water partition coefficient (Wildman–Crippen LogP) is 0.753. The molecule has 0 heterocycles. The van der Waals surface area contributed by atoms with Gasteiger partial charge in [-0.3, -0.25) is 10.1 Å². The Labute approximate surface area is 85.1 Å². The topological polar surface area (TPSA) is 98.7 Å². The van der Waals surface area contributed by atoms with Crippen molar-refractivity contribution in [2.24, 2.45) is 5.84 Å². The summed E-state index contributed by atoms with van der Waals surface area (Å²) in [6.45, 7) is 1.20. The number of carbonyl (C=O) groups excluding carboxylic acids is 1. The Morgan fingerprint density at radius 1 is 1.47 bits per heavy atom. The number of hydrogen-bond acceptors (Lipinski definition) is 6. The van der Waals surface area contributed by atoms with Gasteiger partial charge in [0, 0.05) is 19.1 Å². The molecule has 0 saturated heterocycles. The number of nitrogens with zero attached hydrogens (tertiary/aromatic N) is 2. The largest absolute Gasteiger partial charge is 0.331 e. The van der Waals surface area contributed by atoms with Crippen LogP contribution in [0.5, 0.6) is 0 Å². The van der Waals surface area contributed by atoms with Gasteiger partial charge in [0.05, 0.1) is 10.6 Å². The second-order valence-corrected chi connectivity index (χ2v) is 2.68. The van der Waals surface area contributed by atoms with Crippen molar-refractivity contribution in [2.75, 3.05) is 5.17 Å². The summed E-state index contributed by atoms with van der Waals surface area (Å²) in [6, 6.07) is 5.28. The van der Waals surface area contributed by atoms with Crippen LogP contribution >= 0.6 is 0 Å². The van der Waals surface area contributed by atoms with Crippen LogP contribution in [0.1, 0.15) is 6.92 Å². The van der Waals surface area contributed by atoms with Gasteiger partial charge in [0.15, 0.2) is 0 Å². The van der Waals surface area contributed by atoms with Gasteiger partial charge in [-0.15, -0.1) is 5.17 Å². The fraction of sp³-hybridized carbons (Fsp3) is 0.125. The van der Waals surface area contributed by atoms with Crippen molar-refractivity contribution < 1.29 is 14.6 Å². The molecule has 0 amide bonds. The first-order valence-electron chi connectivity index (χ1n) is 3.98. The molecule has 80 valence electrons. The Morgan fingerprint density at radius 3 is 2.40 bits per heavy atom. The van der Waals surface area contributed by atoms with Crippen LogP contribution < -0.4 is 11.0 Å². The minimum atomic E-state index is -0.573. The van der Waals surface area contributed by atoms with E-state index in [4.69, 9.17) is 5.84 Å².